The molecule has 2 aromatic rings. The van der Waals surface area contributed by atoms with Crippen LogP contribution in [0.3, 0.4) is 0 Å². The van der Waals surface area contributed by atoms with Crippen LogP contribution in [0.1, 0.15) is 28.2 Å². The van der Waals surface area contributed by atoms with E-state index >= 15 is 0 Å². The van der Waals surface area contributed by atoms with E-state index in [0.717, 1.165) is 30.6 Å². The Labute approximate surface area is 143 Å². The second-order valence-corrected chi connectivity index (χ2v) is 6.78. The van der Waals surface area contributed by atoms with Gasteiger partial charge in [0.2, 0.25) is 0 Å². The second-order valence-electron chi connectivity index (χ2n) is 6.78. The molecule has 0 aliphatic carbocycles. The first-order chi connectivity index (χ1) is 11.5. The van der Waals surface area contributed by atoms with Crippen molar-refractivity contribution in [2.45, 2.75) is 31.8 Å². The Hall–Kier alpha value is -2.21. The summed E-state index contributed by atoms with van der Waals surface area (Å²) in [5.74, 6) is 0.0249. The SMILES string of the molecule is Cc1cccc(C(=O)N2CC[C@@H](N(C)C)[C@@H]2Cc2cnn(C)c2)n1. The highest BCUT2D eigenvalue weighted by Crippen LogP contribution is 2.26. The number of aromatic nitrogens is 3. The van der Waals surface area contributed by atoms with E-state index < -0.39 is 0 Å². The highest BCUT2D eigenvalue weighted by Gasteiger charge is 2.38. The lowest BCUT2D eigenvalue weighted by Crippen LogP contribution is -2.46. The van der Waals surface area contributed by atoms with Crippen LogP contribution in [0, 0.1) is 6.92 Å². The molecule has 3 rings (SSSR count). The van der Waals surface area contributed by atoms with Gasteiger partial charge in [0.15, 0.2) is 0 Å². The minimum absolute atomic E-state index is 0.0249. The predicted molar refractivity (Wildman–Crippen MR) is 92.8 cm³/mol. The zero-order valence-electron chi connectivity index (χ0n) is 14.8. The van der Waals surface area contributed by atoms with E-state index in [1.54, 1.807) is 6.07 Å². The van der Waals surface area contributed by atoms with Gasteiger partial charge in [-0.1, -0.05) is 6.07 Å². The summed E-state index contributed by atoms with van der Waals surface area (Å²) in [6, 6.07) is 6.10. The van der Waals surface area contributed by atoms with Crippen molar-refractivity contribution in [1.29, 1.82) is 0 Å². The molecule has 6 heteroatoms. The molecule has 0 unspecified atom stereocenters. The van der Waals surface area contributed by atoms with Crippen LogP contribution in [0.2, 0.25) is 0 Å². The molecule has 128 valence electrons. The number of aryl methyl sites for hydroxylation is 2. The molecule has 1 aliphatic rings. The van der Waals surface area contributed by atoms with E-state index in [4.69, 9.17) is 0 Å². The number of pyridine rings is 1. The third-order valence-electron chi connectivity index (χ3n) is 4.75. The summed E-state index contributed by atoms with van der Waals surface area (Å²) in [5, 5.41) is 4.26. The molecule has 1 aliphatic heterocycles. The predicted octanol–water partition coefficient (Wildman–Crippen LogP) is 1.51. The number of hydrogen-bond acceptors (Lipinski definition) is 4. The van der Waals surface area contributed by atoms with Gasteiger partial charge in [-0.05, 0) is 51.6 Å². The Morgan fingerprint density at radius 1 is 1.38 bits per heavy atom. The Kier molecular flexibility index (Phi) is 4.66. The molecule has 1 amide bonds. The maximum Gasteiger partial charge on any atom is 0.272 e. The summed E-state index contributed by atoms with van der Waals surface area (Å²) in [7, 11) is 6.08. The smallest absolute Gasteiger partial charge is 0.272 e. The fourth-order valence-corrected chi connectivity index (χ4v) is 3.57. The molecule has 6 nitrogen and oxygen atoms in total. The molecule has 24 heavy (non-hydrogen) atoms. The quantitative estimate of drug-likeness (QED) is 0.854. The van der Waals surface area contributed by atoms with Crippen LogP contribution in [-0.2, 0) is 13.5 Å². The van der Waals surface area contributed by atoms with Gasteiger partial charge in [0.1, 0.15) is 5.69 Å². The molecule has 2 aromatic heterocycles. The summed E-state index contributed by atoms with van der Waals surface area (Å²) in [6.45, 7) is 2.68. The van der Waals surface area contributed by atoms with E-state index in [2.05, 4.69) is 29.1 Å². The van der Waals surface area contributed by atoms with Crippen molar-refractivity contribution in [3.63, 3.8) is 0 Å². The Bertz CT molecular complexity index is 724. The van der Waals surface area contributed by atoms with Gasteiger partial charge in [-0.3, -0.25) is 9.48 Å². The number of nitrogens with zero attached hydrogens (tertiary/aromatic N) is 5. The number of amides is 1. The molecule has 0 radical (unpaired) electrons. The molecule has 0 spiro atoms. The lowest BCUT2D eigenvalue weighted by molar-refractivity contribution is 0.0698. The molecule has 0 saturated carbocycles. The average Bonchev–Trinajstić information content (AvgIpc) is 3.13. The molecule has 1 saturated heterocycles. The minimum Gasteiger partial charge on any atom is -0.332 e. The van der Waals surface area contributed by atoms with Crippen molar-refractivity contribution in [2.24, 2.45) is 7.05 Å². The van der Waals surface area contributed by atoms with E-state index in [9.17, 15) is 4.79 Å². The highest BCUT2D eigenvalue weighted by molar-refractivity contribution is 5.92. The summed E-state index contributed by atoms with van der Waals surface area (Å²) >= 11 is 0. The highest BCUT2D eigenvalue weighted by atomic mass is 16.2. The van der Waals surface area contributed by atoms with Crippen molar-refractivity contribution >= 4 is 5.91 Å². The molecule has 0 bridgehead atoms. The third kappa shape index (κ3) is 3.33. The van der Waals surface area contributed by atoms with Crippen LogP contribution < -0.4 is 0 Å². The van der Waals surface area contributed by atoms with Crippen LogP contribution in [0.25, 0.3) is 0 Å². The maximum absolute atomic E-state index is 13.0. The largest absolute Gasteiger partial charge is 0.332 e. The van der Waals surface area contributed by atoms with Crippen LogP contribution in [0.15, 0.2) is 30.6 Å². The van der Waals surface area contributed by atoms with E-state index in [-0.39, 0.29) is 11.9 Å². The van der Waals surface area contributed by atoms with Crippen LogP contribution in [0.5, 0.6) is 0 Å². The van der Waals surface area contributed by atoms with Crippen molar-refractivity contribution in [3.8, 4) is 0 Å². The lowest BCUT2D eigenvalue weighted by Gasteiger charge is -2.31. The van der Waals surface area contributed by atoms with Gasteiger partial charge in [0.05, 0.1) is 12.2 Å². The summed E-state index contributed by atoms with van der Waals surface area (Å²) in [6.07, 6.45) is 5.71. The standard InChI is InChI=1S/C18H25N5O/c1-13-6-5-7-15(20-13)18(24)23-9-8-16(21(2)3)17(23)10-14-11-19-22(4)12-14/h5-7,11-12,16-17H,8-10H2,1-4H3/t16-,17+/m1/s1. The Morgan fingerprint density at radius 3 is 2.79 bits per heavy atom. The van der Waals surface area contributed by atoms with Gasteiger partial charge in [0, 0.05) is 31.5 Å². The van der Waals surface area contributed by atoms with Gasteiger partial charge in [-0.25, -0.2) is 4.98 Å². The number of hydrogen-bond donors (Lipinski definition) is 0. The molecule has 0 aromatic carbocycles. The number of rotatable bonds is 4. The van der Waals surface area contributed by atoms with E-state index in [1.165, 1.54) is 0 Å². The molecular weight excluding hydrogens is 302 g/mol. The van der Waals surface area contributed by atoms with Crippen molar-refractivity contribution < 1.29 is 4.79 Å². The number of carbonyl (C=O) groups excluding carboxylic acids is 1. The van der Waals surface area contributed by atoms with Gasteiger partial charge in [0.25, 0.3) is 5.91 Å². The first-order valence-corrected chi connectivity index (χ1v) is 8.34. The topological polar surface area (TPSA) is 54.3 Å². The van der Waals surface area contributed by atoms with E-state index in [0.29, 0.717) is 11.7 Å². The zero-order chi connectivity index (χ0) is 17.3. The van der Waals surface area contributed by atoms with Crippen molar-refractivity contribution in [1.82, 2.24) is 24.6 Å². The lowest BCUT2D eigenvalue weighted by atomic mass is 10.0. The maximum atomic E-state index is 13.0. The number of likely N-dealkylation sites (N-methyl/N-ethyl adjacent to an activating group) is 1. The van der Waals surface area contributed by atoms with Crippen molar-refractivity contribution in [2.75, 3.05) is 20.6 Å². The van der Waals surface area contributed by atoms with Crippen molar-refractivity contribution in [3.05, 3.63) is 47.5 Å². The monoisotopic (exact) mass is 327 g/mol. The van der Waals surface area contributed by atoms with Gasteiger partial charge < -0.3 is 9.80 Å². The number of likely N-dealkylation sites (tertiary alicyclic amines) is 1. The fraction of sp³-hybridized carbons (Fsp3) is 0.500. The van der Waals surface area contributed by atoms with E-state index in [1.807, 2.05) is 48.1 Å². The second kappa shape index (κ2) is 6.73. The molecule has 0 N–H and O–H groups in total. The fourth-order valence-electron chi connectivity index (χ4n) is 3.57. The van der Waals surface area contributed by atoms with Crippen LogP contribution in [-0.4, -0.2) is 63.2 Å². The molecular formula is C18H25N5O. The Morgan fingerprint density at radius 2 is 2.17 bits per heavy atom. The van der Waals surface area contributed by atoms with Gasteiger partial charge in [-0.15, -0.1) is 0 Å². The first-order valence-electron chi connectivity index (χ1n) is 8.34. The number of carbonyl (C=O) groups is 1. The molecule has 2 atom stereocenters. The molecule has 1 fully saturated rings. The summed E-state index contributed by atoms with van der Waals surface area (Å²) < 4.78 is 1.81. The zero-order valence-corrected chi connectivity index (χ0v) is 14.8. The summed E-state index contributed by atoms with van der Waals surface area (Å²) in [4.78, 5) is 21.6. The average molecular weight is 327 g/mol. The Balaban J connectivity index is 1.86. The van der Waals surface area contributed by atoms with Gasteiger partial charge >= 0.3 is 0 Å². The van der Waals surface area contributed by atoms with Gasteiger partial charge in [-0.2, -0.15) is 5.10 Å². The third-order valence-corrected chi connectivity index (χ3v) is 4.75. The minimum atomic E-state index is 0.0249. The normalized spacial score (nSPS) is 20.8. The first kappa shape index (κ1) is 16.6. The van der Waals surface area contributed by atoms with Crippen LogP contribution >= 0.6 is 0 Å². The molecule has 3 heterocycles. The van der Waals surface area contributed by atoms with Crippen LogP contribution in [0.4, 0.5) is 0 Å². The summed E-state index contributed by atoms with van der Waals surface area (Å²) in [5.41, 5.74) is 2.56.